The van der Waals surface area contributed by atoms with E-state index in [0.717, 1.165) is 206 Å². The number of hydrogen-bond acceptors (Lipinski definition) is 16. The molecular weight excluding hydrogens is 1520 g/mol. The quantitative estimate of drug-likeness (QED) is 0.0501. The Hall–Kier alpha value is -6.84. The summed E-state index contributed by atoms with van der Waals surface area (Å²) < 4.78 is 27.8. The van der Waals surface area contributed by atoms with Crippen molar-refractivity contribution in [3.8, 4) is 0 Å². The van der Waals surface area contributed by atoms with Gasteiger partial charge in [0.15, 0.2) is 78.5 Å². The van der Waals surface area contributed by atoms with Crippen molar-refractivity contribution in [3.05, 3.63) is 0 Å². The molecule has 0 N–H and O–H groups in total. The van der Waals surface area contributed by atoms with E-state index < -0.39 is 0 Å². The first-order valence-corrected chi connectivity index (χ1v) is 41.8. The predicted octanol–water partition coefficient (Wildman–Crippen LogP) is -4.46. The predicted molar refractivity (Wildman–Crippen MR) is 456 cm³/mol. The Kier molecular flexibility index (Phi) is 43.5. The van der Waals surface area contributed by atoms with E-state index in [1.807, 2.05) is 56.4 Å². The lowest BCUT2D eigenvalue weighted by molar-refractivity contribution is -1.01. The second-order valence-corrected chi connectivity index (χ2v) is 40.0. The van der Waals surface area contributed by atoms with E-state index in [4.69, 9.17) is 18.9 Å². The summed E-state index contributed by atoms with van der Waals surface area (Å²) in [6, 6.07) is 0. The monoisotopic (exact) mass is 1690 g/mol. The molecule has 0 bridgehead atoms. The molecule has 0 saturated carbocycles. The number of ether oxygens (including phenoxy) is 4. The van der Waals surface area contributed by atoms with Gasteiger partial charge in [-0.1, -0.05) is 0 Å². The van der Waals surface area contributed by atoms with Crippen LogP contribution in [0.4, 0.5) is 0 Å². The summed E-state index contributed by atoms with van der Waals surface area (Å²) >= 11 is 0. The minimum absolute atomic E-state index is 0.174. The van der Waals surface area contributed by atoms with Crippen LogP contribution >= 0.6 is 0 Å². The van der Waals surface area contributed by atoms with Crippen molar-refractivity contribution in [2.24, 2.45) is 0 Å². The van der Waals surface area contributed by atoms with Crippen LogP contribution in [0.1, 0.15) is 12.8 Å². The molecule has 36 heteroatoms. The lowest BCUT2D eigenvalue weighted by Gasteiger charge is -2.46. The van der Waals surface area contributed by atoms with E-state index in [1.165, 1.54) is 28.4 Å². The molecule has 0 spiro atoms. The van der Waals surface area contributed by atoms with E-state index in [9.17, 15) is 57.5 Å². The zero-order valence-corrected chi connectivity index (χ0v) is 80.3. The number of amides is 8. The molecule has 6 saturated heterocycles. The first-order valence-electron chi connectivity index (χ1n) is 41.8. The van der Waals surface area contributed by atoms with Crippen LogP contribution in [-0.4, -0.2) is 626 Å². The summed E-state index contributed by atoms with van der Waals surface area (Å²) in [5.41, 5.74) is 0. The number of hydrogen-bond donors (Lipinski definition) is 0. The molecular formula is C82H172N20O16+12. The van der Waals surface area contributed by atoms with Crippen molar-refractivity contribution in [3.63, 3.8) is 0 Å². The van der Waals surface area contributed by atoms with Gasteiger partial charge in [-0.15, -0.1) is 0 Å². The highest BCUT2D eigenvalue weighted by Crippen LogP contribution is 2.23. The zero-order valence-electron chi connectivity index (χ0n) is 80.3. The van der Waals surface area contributed by atoms with Gasteiger partial charge in [-0.25, -0.2) is 19.2 Å². The van der Waals surface area contributed by atoms with Gasteiger partial charge in [0.2, 0.25) is 0 Å². The fourth-order valence-corrected chi connectivity index (χ4v) is 15.0. The molecule has 8 amide bonds. The van der Waals surface area contributed by atoms with Gasteiger partial charge in [0, 0.05) is 126 Å². The number of methoxy groups -OCH3 is 4. The molecule has 6 heterocycles. The Morgan fingerprint density at radius 2 is 0.254 bits per heavy atom. The van der Waals surface area contributed by atoms with E-state index in [-0.39, 0.29) is 71.1 Å². The summed E-state index contributed by atoms with van der Waals surface area (Å²) in [6.45, 7) is 28.2. The molecule has 6 rings (SSSR count). The van der Waals surface area contributed by atoms with Crippen molar-refractivity contribution >= 4 is 71.1 Å². The molecule has 0 aliphatic carbocycles. The van der Waals surface area contributed by atoms with Crippen LogP contribution < -0.4 is 0 Å². The van der Waals surface area contributed by atoms with Gasteiger partial charge in [-0.3, -0.25) is 38.4 Å². The third-order valence-corrected chi connectivity index (χ3v) is 25.7. The second kappa shape index (κ2) is 47.0. The number of rotatable bonds is 24. The maximum absolute atomic E-state index is 12.0. The molecule has 4 unspecified atom stereocenters. The Morgan fingerprint density at radius 3 is 0.339 bits per heavy atom. The lowest BCUT2D eigenvalue weighted by Crippen LogP contribution is -2.66. The Bertz CT molecular complexity index is 2850. The molecule has 4 atom stereocenters. The van der Waals surface area contributed by atoms with E-state index >= 15 is 0 Å². The minimum atomic E-state index is -0.179. The smallest absolute Gasteiger partial charge is 0.361 e. The first-order chi connectivity index (χ1) is 53.9. The highest BCUT2D eigenvalue weighted by molar-refractivity contribution is 5.80. The van der Waals surface area contributed by atoms with Crippen molar-refractivity contribution in [2.75, 3.05) is 461 Å². The van der Waals surface area contributed by atoms with E-state index in [1.54, 1.807) is 95.6 Å². The van der Waals surface area contributed by atoms with Crippen LogP contribution in [0, 0.1) is 0 Å². The maximum atomic E-state index is 12.0. The van der Waals surface area contributed by atoms with Gasteiger partial charge in [0.25, 0.3) is 47.3 Å². The maximum Gasteiger partial charge on any atom is 0.361 e. The third-order valence-electron chi connectivity index (χ3n) is 25.7. The molecule has 6 fully saturated rings. The zero-order chi connectivity index (χ0) is 91.2. The number of piperazine rings is 4. The third kappa shape index (κ3) is 39.8. The molecule has 0 aromatic heterocycles. The van der Waals surface area contributed by atoms with Crippen LogP contribution in [0.5, 0.6) is 0 Å². The number of carbonyl (C=O) groups excluding carboxylic acids is 12. The molecule has 0 radical (unpaired) electrons. The second-order valence-electron chi connectivity index (χ2n) is 40.0. The standard InChI is InChI=1S/2C15H32N4O2.2C14H30N4O2.2C12H24N2O4/c2*1-16(2)14(20)12-18(5)8-7-9-19(6,11-10-18)13-15(21)17(3)4;2*1-15(2)13(19)11-17(5)7-9-18(6,10-8-17)12-14(20)16(3)4;2*1-13(9-11(15)17-3)5-7-14(2,8-6-13)10-12(16)18-4/h2*7-13H2,1-6H3;2*7-12H2,1-6H3;2*5-10H2,1-4H3/q6*+2. The largest absolute Gasteiger partial charge is 0.465 e. The van der Waals surface area contributed by atoms with Gasteiger partial charge >= 0.3 is 23.9 Å². The van der Waals surface area contributed by atoms with Gasteiger partial charge in [-0.2, -0.15) is 0 Å². The molecule has 6 aliphatic rings. The highest BCUT2D eigenvalue weighted by Gasteiger charge is 2.46. The van der Waals surface area contributed by atoms with Crippen LogP contribution in [0.3, 0.4) is 0 Å². The minimum Gasteiger partial charge on any atom is -0.465 e. The average Bonchev–Trinajstić information content (AvgIpc) is 1.17. The van der Waals surface area contributed by atoms with Crippen molar-refractivity contribution < 1.29 is 130 Å². The summed E-state index contributed by atoms with van der Waals surface area (Å²) in [5.74, 6) is 0.694. The normalized spacial score (nSPS) is 30.4. The van der Waals surface area contributed by atoms with Crippen LogP contribution in [0.15, 0.2) is 0 Å². The van der Waals surface area contributed by atoms with Crippen molar-refractivity contribution in [1.29, 1.82) is 0 Å². The summed E-state index contributed by atoms with van der Waals surface area (Å²) in [5, 5.41) is 0. The molecule has 36 nitrogen and oxygen atoms in total. The molecule has 0 aromatic rings. The average molecular weight is 1690 g/mol. The number of carbonyl (C=O) groups is 12. The molecule has 6 aliphatic heterocycles. The number of nitrogens with zero attached hydrogens (tertiary/aromatic N) is 20. The van der Waals surface area contributed by atoms with E-state index in [2.05, 4.69) is 84.6 Å². The van der Waals surface area contributed by atoms with Gasteiger partial charge < -0.3 is 112 Å². The van der Waals surface area contributed by atoms with Crippen LogP contribution in [0.2, 0.25) is 0 Å². The summed E-state index contributed by atoms with van der Waals surface area (Å²) in [4.78, 5) is 154. The van der Waals surface area contributed by atoms with Gasteiger partial charge in [0.1, 0.15) is 131 Å². The van der Waals surface area contributed by atoms with Gasteiger partial charge in [-0.05, 0) is 0 Å². The van der Waals surface area contributed by atoms with Crippen molar-refractivity contribution in [1.82, 2.24) is 39.2 Å². The fraction of sp³-hybridized carbons (Fsp3) is 0.854. The van der Waals surface area contributed by atoms with E-state index in [0.29, 0.717) is 96.5 Å². The Balaban J connectivity index is 0.000000709. The van der Waals surface area contributed by atoms with Crippen LogP contribution in [0.25, 0.3) is 0 Å². The molecule has 118 heavy (non-hydrogen) atoms. The number of esters is 4. The topological polar surface area (TPSA) is 268 Å². The SMILES string of the molecule is CN(C)C(=O)C[N+]1(C)CCC[N+](C)(CC(=O)N(C)C)CC1.CN(C)C(=O)C[N+]1(C)CCC[N+](C)(CC(=O)N(C)C)CC1.CN(C)C(=O)C[N+]1(C)CC[N+](C)(CC(=O)N(C)C)CC1.CN(C)C(=O)C[N+]1(C)CC[N+](C)(CC(=O)N(C)C)CC1.COC(=O)C[N+]1(C)CC[N+](C)(CC(=O)OC)CC1.COC(=O)C[N+]1(C)CC[N+](C)(CC(=O)OC)CC1. The summed E-state index contributed by atoms with van der Waals surface area (Å²) in [6.07, 6.45) is 2.10. The highest BCUT2D eigenvalue weighted by atomic mass is 16.5. The fourth-order valence-electron chi connectivity index (χ4n) is 15.0. The summed E-state index contributed by atoms with van der Waals surface area (Å²) in [7, 11) is 59.9. The lowest BCUT2D eigenvalue weighted by atomic mass is 10.2. The van der Waals surface area contributed by atoms with Crippen molar-refractivity contribution in [2.45, 2.75) is 12.8 Å². The number of likely N-dealkylation sites (N-methyl/N-ethyl adjacent to an activating group) is 20. The van der Waals surface area contributed by atoms with Gasteiger partial charge in [0.05, 0.1) is 139 Å². The first kappa shape index (κ1) is 109. The Labute approximate surface area is 711 Å². The number of quaternary nitrogens is 12. The molecule has 684 valence electrons. The Morgan fingerprint density at radius 1 is 0.169 bits per heavy atom. The molecule has 0 aromatic carbocycles. The van der Waals surface area contributed by atoms with Crippen LogP contribution in [-0.2, 0) is 76.5 Å².